The van der Waals surface area contributed by atoms with Crippen LogP contribution >= 0.6 is 0 Å². The van der Waals surface area contributed by atoms with Crippen LogP contribution < -0.4 is 19.6 Å². The van der Waals surface area contributed by atoms with E-state index in [4.69, 9.17) is 0 Å². The van der Waals surface area contributed by atoms with Crippen LogP contribution in [0.15, 0.2) is 280 Å². The summed E-state index contributed by atoms with van der Waals surface area (Å²) in [4.78, 5) is 9.35. The molecule has 0 saturated heterocycles. The van der Waals surface area contributed by atoms with E-state index in [9.17, 15) is 0 Å². The van der Waals surface area contributed by atoms with Gasteiger partial charge in [0.05, 0.1) is 22.3 Å². The molecule has 0 N–H and O–H groups in total. The van der Waals surface area contributed by atoms with E-state index < -0.39 is 0 Å². The van der Waals surface area contributed by atoms with Gasteiger partial charge in [-0.05, 0) is 174 Å². The number of fused-ring (bicyclic) bond motifs is 2. The highest BCUT2D eigenvalue weighted by Gasteiger charge is 2.38. The van der Waals surface area contributed by atoms with Crippen molar-refractivity contribution >= 4 is 67.8 Å². The van der Waals surface area contributed by atoms with E-state index in [-0.39, 0.29) is 0 Å². The monoisotopic (exact) mass is 1130 g/mol. The summed E-state index contributed by atoms with van der Waals surface area (Å²) in [5, 5.41) is 0. The van der Waals surface area contributed by atoms with Crippen molar-refractivity contribution in [1.82, 2.24) is 0 Å². The summed E-state index contributed by atoms with van der Waals surface area (Å²) in [6.07, 6.45) is 10.00. The third kappa shape index (κ3) is 11.6. The zero-order chi connectivity index (χ0) is 60.4. The lowest BCUT2D eigenvalue weighted by Gasteiger charge is -2.30. The van der Waals surface area contributed by atoms with Crippen LogP contribution in [0.25, 0.3) is 22.3 Å². The van der Waals surface area contributed by atoms with E-state index >= 15 is 0 Å². The summed E-state index contributed by atoms with van der Waals surface area (Å²) >= 11 is 0. The van der Waals surface area contributed by atoms with Crippen LogP contribution in [0.4, 0.5) is 34.1 Å². The predicted molar refractivity (Wildman–Crippen MR) is 371 cm³/mol. The largest absolute Gasteiger partial charge is 0.346 e. The number of hydrogen-bond acceptors (Lipinski definition) is 4. The van der Waals surface area contributed by atoms with E-state index in [0.29, 0.717) is 0 Å². The molecule has 8 aromatic rings. The van der Waals surface area contributed by atoms with E-state index in [2.05, 4.69) is 329 Å². The average molecular weight is 1130 g/mol. The van der Waals surface area contributed by atoms with E-state index in [1.54, 1.807) is 0 Å². The van der Waals surface area contributed by atoms with Gasteiger partial charge in [0, 0.05) is 106 Å². The molecule has 86 heavy (non-hydrogen) atoms. The maximum Gasteiger partial charge on any atom is 0.221 e. The highest BCUT2D eigenvalue weighted by Crippen LogP contribution is 2.46. The molecule has 2 aliphatic heterocycles. The van der Waals surface area contributed by atoms with Gasteiger partial charge in [-0.15, -0.1) is 0 Å². The molecule has 0 fully saturated rings. The van der Waals surface area contributed by atoms with Gasteiger partial charge >= 0.3 is 0 Å². The Balaban J connectivity index is 0.962. The molecule has 0 radical (unpaired) electrons. The molecule has 6 nitrogen and oxygen atoms in total. The number of hydrogen-bond donors (Lipinski definition) is 0. The second kappa shape index (κ2) is 26.9. The zero-order valence-electron chi connectivity index (χ0n) is 51.7. The van der Waals surface area contributed by atoms with Gasteiger partial charge in [0.15, 0.2) is 0 Å². The minimum Gasteiger partial charge on any atom is -0.346 e. The zero-order valence-corrected chi connectivity index (χ0v) is 51.7. The van der Waals surface area contributed by atoms with Crippen molar-refractivity contribution in [2.24, 2.45) is 0 Å². The van der Waals surface area contributed by atoms with E-state index in [1.165, 1.54) is 90.1 Å². The van der Waals surface area contributed by atoms with Gasteiger partial charge in [-0.2, -0.15) is 9.15 Å². The van der Waals surface area contributed by atoms with Crippen molar-refractivity contribution in [1.29, 1.82) is 0 Å². The lowest BCUT2D eigenvalue weighted by molar-refractivity contribution is -0.400. The van der Waals surface area contributed by atoms with Crippen molar-refractivity contribution in [3.05, 3.63) is 324 Å². The first-order valence-corrected chi connectivity index (χ1v) is 30.5. The Morgan fingerprint density at radius 3 is 0.930 bits per heavy atom. The van der Waals surface area contributed by atoms with Crippen molar-refractivity contribution in [2.75, 3.05) is 59.9 Å². The van der Waals surface area contributed by atoms with Gasteiger partial charge in [-0.25, -0.2) is 0 Å². The molecular formula is C80H82N6+2. The summed E-state index contributed by atoms with van der Waals surface area (Å²) < 4.78 is 4.71. The first-order valence-electron chi connectivity index (χ1n) is 30.5. The number of benzene rings is 8. The fourth-order valence-corrected chi connectivity index (χ4v) is 12.9. The van der Waals surface area contributed by atoms with Crippen LogP contribution in [-0.4, -0.2) is 60.8 Å². The Hall–Kier alpha value is -9.78. The molecule has 0 spiro atoms. The van der Waals surface area contributed by atoms with Crippen molar-refractivity contribution in [3.8, 4) is 0 Å². The Bertz CT molecular complexity index is 3740. The van der Waals surface area contributed by atoms with Gasteiger partial charge in [0.25, 0.3) is 0 Å². The molecule has 0 amide bonds. The molecule has 10 rings (SSSR count). The molecule has 8 aromatic carbocycles. The molecule has 2 aliphatic rings. The van der Waals surface area contributed by atoms with Gasteiger partial charge in [-0.1, -0.05) is 148 Å². The maximum atomic E-state index is 4.28. The van der Waals surface area contributed by atoms with E-state index in [1.807, 2.05) is 12.2 Å². The lowest BCUT2D eigenvalue weighted by Crippen LogP contribution is -2.25. The molecule has 6 heteroatoms. The van der Waals surface area contributed by atoms with Crippen molar-refractivity contribution in [2.45, 2.75) is 54.4 Å². The van der Waals surface area contributed by atoms with Crippen LogP contribution in [0.1, 0.15) is 98.9 Å². The highest BCUT2D eigenvalue weighted by molar-refractivity contribution is 6.39. The van der Waals surface area contributed by atoms with Crippen molar-refractivity contribution in [3.63, 3.8) is 0 Å². The maximum absolute atomic E-state index is 4.28. The molecule has 0 bridgehead atoms. The molecule has 430 valence electrons. The number of para-hydroxylation sites is 2. The molecule has 0 aliphatic carbocycles. The SMILES string of the molecule is C=CC(=C)N(CC)c1ccc(C(=C2C(c3ccccc3)=[N+](C)c3ccccc32)c2ccc(N(CC)C(=CC)CCC(=CC)N(CC)c3ccc(C(=C4C(c5ccccc5)=[N+](C)c5ccccc54)c4ccc(N(CC)C(=C)C=C)cc4)cc3)cc2)cc1. The first-order chi connectivity index (χ1) is 42.0. The fraction of sp³-hybridized carbons (Fsp3) is 0.175. The second-order valence-corrected chi connectivity index (χ2v) is 21.7. The first kappa shape index (κ1) is 59.4. The Kier molecular flexibility index (Phi) is 18.5. The number of anilines is 4. The molecule has 0 atom stereocenters. The van der Waals surface area contributed by atoms with Crippen LogP contribution in [0.3, 0.4) is 0 Å². The minimum atomic E-state index is 0.793. The standard InChI is InChI=1S/C80H82N6/c1-13-57(9)83(17-5)67-47-39-59(40-48-67)75(77-71-35-27-29-37-73(71)81(11)79(77)63-31-23-21-24-32-63)61-43-51-69(52-44-61)85(19-7)65(15-3)55-56-66(16-4)86(20-8)70-53-45-62(46-54-70)76(60-41-49-68(50-42-60)84(18-6)58(10)14-2)78-72-36-28-30-38-74(72)82(12)80(78)64-33-25-22-26-34-64/h13-16,21-54H,1-2,9-10,17-20,55-56H2,3-8,11-12H3/q+2. The summed E-state index contributed by atoms with van der Waals surface area (Å²) in [6.45, 7) is 33.0. The number of nitrogens with zero attached hydrogens (tertiary/aromatic N) is 6. The topological polar surface area (TPSA) is 19.0 Å². The fourth-order valence-electron chi connectivity index (χ4n) is 12.9. The average Bonchev–Trinajstić information content (AvgIpc) is 1.85. The summed E-state index contributed by atoms with van der Waals surface area (Å²) in [5.41, 5.74) is 27.8. The molecule has 0 unspecified atom stereocenters. The molecule has 2 heterocycles. The summed E-state index contributed by atoms with van der Waals surface area (Å²) in [6, 6.07) is 75.7. The Labute approximate surface area is 512 Å². The van der Waals surface area contributed by atoms with Gasteiger partial charge in [0.1, 0.15) is 14.1 Å². The van der Waals surface area contributed by atoms with Gasteiger partial charge in [0.2, 0.25) is 22.8 Å². The minimum absolute atomic E-state index is 0.793. The van der Waals surface area contributed by atoms with Crippen LogP contribution in [-0.2, 0) is 0 Å². The smallest absolute Gasteiger partial charge is 0.221 e. The van der Waals surface area contributed by atoms with Crippen LogP contribution in [0, 0.1) is 0 Å². The summed E-state index contributed by atoms with van der Waals surface area (Å²) in [5.74, 6) is 0. The number of likely N-dealkylation sites (N-methyl/N-ethyl adjacent to an activating group) is 2. The predicted octanol–water partition coefficient (Wildman–Crippen LogP) is 19.2. The van der Waals surface area contributed by atoms with Crippen LogP contribution in [0.5, 0.6) is 0 Å². The molecular weight excluding hydrogens is 1040 g/mol. The Morgan fingerprint density at radius 1 is 0.372 bits per heavy atom. The normalized spacial score (nSPS) is 14.1. The van der Waals surface area contributed by atoms with Gasteiger partial charge in [-0.3, -0.25) is 0 Å². The quantitative estimate of drug-likeness (QED) is 0.0469. The van der Waals surface area contributed by atoms with Gasteiger partial charge < -0.3 is 19.6 Å². The van der Waals surface area contributed by atoms with Crippen molar-refractivity contribution < 1.29 is 9.15 Å². The van der Waals surface area contributed by atoms with E-state index in [0.717, 1.165) is 84.0 Å². The molecule has 0 saturated carbocycles. The Morgan fingerprint density at radius 2 is 0.651 bits per heavy atom. The second-order valence-electron chi connectivity index (χ2n) is 21.7. The third-order valence-electron chi connectivity index (χ3n) is 17.1. The highest BCUT2D eigenvalue weighted by atomic mass is 15.2. The third-order valence-corrected chi connectivity index (χ3v) is 17.1. The molecule has 0 aromatic heterocycles. The number of allylic oxidation sites excluding steroid dienone is 8. The summed E-state index contributed by atoms with van der Waals surface area (Å²) in [7, 11) is 4.39. The lowest BCUT2D eigenvalue weighted by atomic mass is 9.86. The van der Waals surface area contributed by atoms with Crippen LogP contribution in [0.2, 0.25) is 0 Å². The number of rotatable bonds is 23.